The first-order valence-corrected chi connectivity index (χ1v) is 9.02. The fourth-order valence-electron chi connectivity index (χ4n) is 2.85. The van der Waals surface area contributed by atoms with Gasteiger partial charge in [-0.2, -0.15) is 0 Å². The Hall–Kier alpha value is -2.77. The molecule has 1 aliphatic heterocycles. The maximum atomic E-state index is 12.7. The van der Waals surface area contributed by atoms with Crippen LogP contribution in [-0.2, 0) is 24.0 Å². The van der Waals surface area contributed by atoms with Gasteiger partial charge in [0.15, 0.2) is 0 Å². The van der Waals surface area contributed by atoms with Crippen molar-refractivity contribution in [3.05, 3.63) is 0 Å². The molecule has 13 nitrogen and oxygen atoms in total. The van der Waals surface area contributed by atoms with E-state index in [9.17, 15) is 29.1 Å². The molecule has 9 N–H and O–H groups in total. The van der Waals surface area contributed by atoms with Gasteiger partial charge < -0.3 is 42.3 Å². The minimum absolute atomic E-state index is 0.0417. The number of carbonyl (C=O) groups excluding carboxylic acids is 4. The van der Waals surface area contributed by atoms with E-state index >= 15 is 0 Å². The third kappa shape index (κ3) is 6.96. The quantitative estimate of drug-likeness (QED) is 0.172. The van der Waals surface area contributed by atoms with Gasteiger partial charge in [0, 0.05) is 13.0 Å². The molecule has 13 heteroatoms. The molecule has 1 heterocycles. The summed E-state index contributed by atoms with van der Waals surface area (Å²) >= 11 is 0. The van der Waals surface area contributed by atoms with Crippen LogP contribution in [0.4, 0.5) is 0 Å². The first-order valence-electron chi connectivity index (χ1n) is 9.02. The molecule has 0 saturated carbocycles. The average molecular weight is 417 g/mol. The van der Waals surface area contributed by atoms with Crippen LogP contribution in [0.25, 0.3) is 0 Å². The number of hydrogen-bond donors (Lipinski definition) is 7. The molecule has 0 aromatic heterocycles. The third-order valence-electron chi connectivity index (χ3n) is 4.47. The molecule has 29 heavy (non-hydrogen) atoms. The maximum absolute atomic E-state index is 12.7. The number of nitrogens with zero attached hydrogens (tertiary/aromatic N) is 1. The molecule has 1 aliphatic rings. The van der Waals surface area contributed by atoms with Gasteiger partial charge in [-0.1, -0.05) is 0 Å². The van der Waals surface area contributed by atoms with Crippen LogP contribution >= 0.6 is 0 Å². The SMILES string of the molecule is NC(=O)CCC(N)C(=O)NC(CO)C(=O)N1CCCC1C(=O)NC(CO)C(=O)O. The van der Waals surface area contributed by atoms with Crippen LogP contribution in [0, 0.1) is 0 Å². The van der Waals surface area contributed by atoms with Crippen molar-refractivity contribution in [2.75, 3.05) is 19.8 Å². The highest BCUT2D eigenvalue weighted by molar-refractivity contribution is 5.94. The predicted octanol–water partition coefficient (Wildman–Crippen LogP) is -4.39. The highest BCUT2D eigenvalue weighted by atomic mass is 16.4. The first-order chi connectivity index (χ1) is 13.6. The number of aliphatic carboxylic acids is 1. The van der Waals surface area contributed by atoms with Crippen molar-refractivity contribution in [2.45, 2.75) is 49.9 Å². The highest BCUT2D eigenvalue weighted by Gasteiger charge is 2.38. The third-order valence-corrected chi connectivity index (χ3v) is 4.47. The number of likely N-dealkylation sites (tertiary alicyclic amines) is 1. The molecule has 1 saturated heterocycles. The monoisotopic (exact) mass is 417 g/mol. The molecule has 0 aliphatic carbocycles. The van der Waals surface area contributed by atoms with Crippen molar-refractivity contribution < 1.29 is 39.3 Å². The fraction of sp³-hybridized carbons (Fsp3) is 0.688. The molecule has 0 bridgehead atoms. The molecule has 1 fully saturated rings. The zero-order valence-corrected chi connectivity index (χ0v) is 15.7. The van der Waals surface area contributed by atoms with E-state index in [4.69, 9.17) is 21.7 Å². The van der Waals surface area contributed by atoms with Crippen molar-refractivity contribution in [2.24, 2.45) is 11.5 Å². The van der Waals surface area contributed by atoms with Crippen LogP contribution in [0.15, 0.2) is 0 Å². The van der Waals surface area contributed by atoms with E-state index in [1.807, 2.05) is 0 Å². The Balaban J connectivity index is 2.76. The Morgan fingerprint density at radius 1 is 1.07 bits per heavy atom. The highest BCUT2D eigenvalue weighted by Crippen LogP contribution is 2.19. The Bertz CT molecular complexity index is 643. The minimum atomic E-state index is -1.52. The smallest absolute Gasteiger partial charge is 0.328 e. The summed E-state index contributed by atoms with van der Waals surface area (Å²) in [5.41, 5.74) is 10.6. The number of rotatable bonds is 11. The summed E-state index contributed by atoms with van der Waals surface area (Å²) in [7, 11) is 0. The van der Waals surface area contributed by atoms with Gasteiger partial charge in [0.05, 0.1) is 19.3 Å². The maximum Gasteiger partial charge on any atom is 0.328 e. The van der Waals surface area contributed by atoms with Crippen molar-refractivity contribution in [3.8, 4) is 0 Å². The molecular formula is C16H27N5O8. The molecule has 0 spiro atoms. The second kappa shape index (κ2) is 11.3. The normalized spacial score (nSPS) is 19.1. The van der Waals surface area contributed by atoms with Crippen LogP contribution in [0.3, 0.4) is 0 Å². The van der Waals surface area contributed by atoms with Crippen molar-refractivity contribution in [1.29, 1.82) is 0 Å². The largest absolute Gasteiger partial charge is 0.480 e. The number of aliphatic hydroxyl groups is 2. The van der Waals surface area contributed by atoms with E-state index in [2.05, 4.69) is 10.6 Å². The number of carbonyl (C=O) groups is 5. The lowest BCUT2D eigenvalue weighted by molar-refractivity contribution is -0.146. The van der Waals surface area contributed by atoms with Gasteiger partial charge in [-0.15, -0.1) is 0 Å². The zero-order chi connectivity index (χ0) is 22.1. The average Bonchev–Trinajstić information content (AvgIpc) is 3.16. The van der Waals surface area contributed by atoms with E-state index < -0.39 is 67.0 Å². The van der Waals surface area contributed by atoms with Crippen LogP contribution in [-0.4, -0.2) is 93.7 Å². The number of nitrogens with one attached hydrogen (secondary N) is 2. The number of amides is 4. The Morgan fingerprint density at radius 3 is 2.21 bits per heavy atom. The molecule has 4 amide bonds. The summed E-state index contributed by atoms with van der Waals surface area (Å²) < 4.78 is 0. The molecule has 4 atom stereocenters. The lowest BCUT2D eigenvalue weighted by Crippen LogP contribution is -2.58. The van der Waals surface area contributed by atoms with Gasteiger partial charge in [-0.25, -0.2) is 4.79 Å². The molecule has 0 aromatic carbocycles. The molecular weight excluding hydrogens is 390 g/mol. The Kier molecular flexibility index (Phi) is 9.44. The Labute approximate surface area is 166 Å². The molecule has 4 unspecified atom stereocenters. The number of carboxylic acids is 1. The summed E-state index contributed by atoms with van der Waals surface area (Å²) in [6.45, 7) is -1.42. The van der Waals surface area contributed by atoms with Gasteiger partial charge in [0.2, 0.25) is 23.6 Å². The van der Waals surface area contributed by atoms with Crippen LogP contribution in [0.1, 0.15) is 25.7 Å². The topological polar surface area (TPSA) is 225 Å². The van der Waals surface area contributed by atoms with Crippen molar-refractivity contribution in [1.82, 2.24) is 15.5 Å². The standard InChI is InChI=1S/C16H27N5O8/c17-8(3-4-12(18)24)13(25)19-9(6-22)15(27)21-5-1-2-11(21)14(26)20-10(7-23)16(28)29/h8-11,22-23H,1-7,17H2,(H2,18,24)(H,19,25)(H,20,26)(H,28,29). The van der Waals surface area contributed by atoms with Gasteiger partial charge in [0.25, 0.3) is 0 Å². The number of nitrogens with two attached hydrogens (primary N) is 2. The zero-order valence-electron chi connectivity index (χ0n) is 15.7. The number of aliphatic hydroxyl groups excluding tert-OH is 2. The number of primary amides is 1. The summed E-state index contributed by atoms with van der Waals surface area (Å²) in [6, 6.07) is -5.02. The molecule has 164 valence electrons. The lowest BCUT2D eigenvalue weighted by Gasteiger charge is -2.29. The van der Waals surface area contributed by atoms with E-state index in [1.165, 1.54) is 0 Å². The fourth-order valence-corrected chi connectivity index (χ4v) is 2.85. The second-order valence-electron chi connectivity index (χ2n) is 6.63. The number of carboxylic acid groups (broad SMARTS) is 1. The number of hydrogen-bond acceptors (Lipinski definition) is 8. The van der Waals surface area contributed by atoms with E-state index in [-0.39, 0.29) is 25.8 Å². The predicted molar refractivity (Wildman–Crippen MR) is 96.8 cm³/mol. The van der Waals surface area contributed by atoms with Crippen molar-refractivity contribution in [3.63, 3.8) is 0 Å². The van der Waals surface area contributed by atoms with Crippen LogP contribution in [0.5, 0.6) is 0 Å². The molecule has 1 rings (SSSR count). The summed E-state index contributed by atoms with van der Waals surface area (Å²) in [5, 5.41) is 31.9. The van der Waals surface area contributed by atoms with E-state index in [0.29, 0.717) is 6.42 Å². The molecule has 0 radical (unpaired) electrons. The first kappa shape index (κ1) is 24.3. The summed E-state index contributed by atoms with van der Waals surface area (Å²) in [4.78, 5) is 60.0. The second-order valence-corrected chi connectivity index (χ2v) is 6.63. The van der Waals surface area contributed by atoms with Crippen LogP contribution in [0.2, 0.25) is 0 Å². The van der Waals surface area contributed by atoms with Gasteiger partial charge in [-0.05, 0) is 19.3 Å². The summed E-state index contributed by atoms with van der Waals surface area (Å²) in [5.74, 6) is -4.35. The molecule has 0 aromatic rings. The van der Waals surface area contributed by atoms with Gasteiger partial charge in [-0.3, -0.25) is 19.2 Å². The van der Waals surface area contributed by atoms with Crippen LogP contribution < -0.4 is 22.1 Å². The minimum Gasteiger partial charge on any atom is -0.480 e. The lowest BCUT2D eigenvalue weighted by atomic mass is 10.1. The van der Waals surface area contributed by atoms with Crippen molar-refractivity contribution >= 4 is 29.6 Å². The van der Waals surface area contributed by atoms with E-state index in [1.54, 1.807) is 0 Å². The Morgan fingerprint density at radius 2 is 1.69 bits per heavy atom. The van der Waals surface area contributed by atoms with E-state index in [0.717, 1.165) is 4.90 Å². The summed E-state index contributed by atoms with van der Waals surface area (Å²) in [6.07, 6.45) is 0.529. The van der Waals surface area contributed by atoms with Gasteiger partial charge in [0.1, 0.15) is 18.1 Å². The van der Waals surface area contributed by atoms with Gasteiger partial charge >= 0.3 is 5.97 Å².